The quantitative estimate of drug-likeness (QED) is 0.459. The van der Waals surface area contributed by atoms with E-state index in [0.717, 1.165) is 25.9 Å². The van der Waals surface area contributed by atoms with Crippen molar-refractivity contribution in [2.75, 3.05) is 19.7 Å². The first kappa shape index (κ1) is 16.4. The van der Waals surface area contributed by atoms with E-state index in [1.165, 1.54) is 38.5 Å². The molecule has 3 heteroatoms. The molecular formula is C16H30N2O. The van der Waals surface area contributed by atoms with Gasteiger partial charge in [-0.3, -0.25) is 9.89 Å². The summed E-state index contributed by atoms with van der Waals surface area (Å²) in [5, 5.41) is 8.97. The van der Waals surface area contributed by atoms with Crippen LogP contribution in [0.2, 0.25) is 0 Å². The van der Waals surface area contributed by atoms with Gasteiger partial charge in [0.2, 0.25) is 0 Å². The molecule has 0 saturated carbocycles. The Hall–Kier alpha value is -0.670. The molecule has 3 nitrogen and oxygen atoms in total. The van der Waals surface area contributed by atoms with Crippen molar-refractivity contribution in [1.82, 2.24) is 4.90 Å². The average molecular weight is 266 g/mol. The number of β-amino-alcohol motifs (C(OH)–C–C–N with tert-alkyl or cyclic N) is 1. The molecule has 110 valence electrons. The Kier molecular flexibility index (Phi) is 9.64. The van der Waals surface area contributed by atoms with Gasteiger partial charge in [-0.2, -0.15) is 0 Å². The summed E-state index contributed by atoms with van der Waals surface area (Å²) in [6.45, 7) is 4.09. The van der Waals surface area contributed by atoms with E-state index in [1.807, 2.05) is 6.21 Å². The lowest BCUT2D eigenvalue weighted by atomic mass is 10.1. The van der Waals surface area contributed by atoms with Gasteiger partial charge in [0.1, 0.15) is 6.17 Å². The molecule has 0 radical (unpaired) electrons. The van der Waals surface area contributed by atoms with Crippen molar-refractivity contribution in [3.05, 3.63) is 12.2 Å². The predicted octanol–water partition coefficient (Wildman–Crippen LogP) is 3.39. The van der Waals surface area contributed by atoms with Crippen LogP contribution in [0, 0.1) is 0 Å². The van der Waals surface area contributed by atoms with E-state index in [0.29, 0.717) is 6.17 Å². The molecule has 0 aliphatic carbocycles. The third kappa shape index (κ3) is 7.48. The van der Waals surface area contributed by atoms with Gasteiger partial charge >= 0.3 is 0 Å². The van der Waals surface area contributed by atoms with Crippen molar-refractivity contribution in [2.24, 2.45) is 4.99 Å². The summed E-state index contributed by atoms with van der Waals surface area (Å²) < 4.78 is 0. The summed E-state index contributed by atoms with van der Waals surface area (Å²) in [6.07, 6.45) is 17.0. The maximum atomic E-state index is 8.97. The van der Waals surface area contributed by atoms with Gasteiger partial charge in [0, 0.05) is 19.3 Å². The highest BCUT2D eigenvalue weighted by Crippen LogP contribution is 2.15. The van der Waals surface area contributed by atoms with Crippen LogP contribution in [-0.4, -0.2) is 42.1 Å². The number of aliphatic imine (C=N–C) groups is 1. The molecule has 0 saturated heterocycles. The molecule has 0 aromatic heterocycles. The van der Waals surface area contributed by atoms with Gasteiger partial charge in [-0.05, 0) is 32.1 Å². The molecule has 0 aromatic carbocycles. The van der Waals surface area contributed by atoms with Crippen LogP contribution >= 0.6 is 0 Å². The summed E-state index contributed by atoms with van der Waals surface area (Å²) >= 11 is 0. The molecular weight excluding hydrogens is 236 g/mol. The Balaban J connectivity index is 1.93. The normalized spacial score (nSPS) is 19.8. The first-order valence-electron chi connectivity index (χ1n) is 7.90. The smallest absolute Gasteiger partial charge is 0.102 e. The van der Waals surface area contributed by atoms with Crippen molar-refractivity contribution >= 4 is 6.21 Å². The molecule has 0 fully saturated rings. The number of rotatable bonds is 11. The second kappa shape index (κ2) is 11.2. The fraction of sp³-hybridized carbons (Fsp3) is 0.812. The average Bonchev–Trinajstić information content (AvgIpc) is 2.85. The molecule has 0 amide bonds. The van der Waals surface area contributed by atoms with Crippen molar-refractivity contribution in [2.45, 2.75) is 64.5 Å². The zero-order valence-corrected chi connectivity index (χ0v) is 12.4. The minimum absolute atomic E-state index is 0.241. The van der Waals surface area contributed by atoms with Crippen molar-refractivity contribution < 1.29 is 5.11 Å². The topological polar surface area (TPSA) is 35.8 Å². The predicted molar refractivity (Wildman–Crippen MR) is 82.7 cm³/mol. The standard InChI is InChI=1S/C16H30N2O/c1-2-3-4-5-6-7-8-9-10-11-16-17-12-13-18(16)14-15-19/h3-4,12,16,19H,2,5-11,13-15H2,1H3/b4-3+. The Morgan fingerprint density at radius 2 is 2.00 bits per heavy atom. The van der Waals surface area contributed by atoms with Crippen LogP contribution < -0.4 is 0 Å². The number of unbranched alkanes of at least 4 members (excludes halogenated alkanes) is 5. The van der Waals surface area contributed by atoms with Crippen LogP contribution in [0.25, 0.3) is 0 Å². The minimum Gasteiger partial charge on any atom is -0.395 e. The van der Waals surface area contributed by atoms with Crippen LogP contribution in [0.15, 0.2) is 17.1 Å². The molecule has 1 N–H and O–H groups in total. The first-order valence-corrected chi connectivity index (χ1v) is 7.90. The molecule has 1 unspecified atom stereocenters. The second-order valence-electron chi connectivity index (χ2n) is 5.26. The molecule has 19 heavy (non-hydrogen) atoms. The van der Waals surface area contributed by atoms with E-state index < -0.39 is 0 Å². The largest absolute Gasteiger partial charge is 0.395 e. The fourth-order valence-electron chi connectivity index (χ4n) is 2.52. The van der Waals surface area contributed by atoms with Gasteiger partial charge in [0.25, 0.3) is 0 Å². The van der Waals surface area contributed by atoms with Crippen molar-refractivity contribution in [3.63, 3.8) is 0 Å². The maximum absolute atomic E-state index is 8.97. The lowest BCUT2D eigenvalue weighted by molar-refractivity contribution is 0.176. The highest BCUT2D eigenvalue weighted by molar-refractivity contribution is 5.62. The van der Waals surface area contributed by atoms with E-state index in [2.05, 4.69) is 29.0 Å². The molecule has 0 spiro atoms. The van der Waals surface area contributed by atoms with Crippen LogP contribution in [-0.2, 0) is 0 Å². The van der Waals surface area contributed by atoms with Crippen LogP contribution in [0.1, 0.15) is 58.3 Å². The Morgan fingerprint density at radius 1 is 1.21 bits per heavy atom. The number of aliphatic hydroxyl groups is 1. The van der Waals surface area contributed by atoms with E-state index in [1.54, 1.807) is 0 Å². The number of allylic oxidation sites excluding steroid dienone is 2. The minimum atomic E-state index is 0.241. The highest BCUT2D eigenvalue weighted by atomic mass is 16.3. The zero-order valence-electron chi connectivity index (χ0n) is 12.4. The third-order valence-electron chi connectivity index (χ3n) is 3.64. The first-order chi connectivity index (χ1) is 9.38. The monoisotopic (exact) mass is 266 g/mol. The van der Waals surface area contributed by atoms with Crippen molar-refractivity contribution in [3.8, 4) is 0 Å². The highest BCUT2D eigenvalue weighted by Gasteiger charge is 2.19. The Morgan fingerprint density at radius 3 is 2.79 bits per heavy atom. The molecule has 0 bridgehead atoms. The number of aliphatic hydroxyl groups excluding tert-OH is 1. The lowest BCUT2D eigenvalue weighted by Crippen LogP contribution is -2.32. The molecule has 0 aromatic rings. The number of nitrogens with zero attached hydrogens (tertiary/aromatic N) is 2. The Labute approximate surface area is 118 Å². The Bertz CT molecular complexity index is 263. The van der Waals surface area contributed by atoms with Crippen LogP contribution in [0.3, 0.4) is 0 Å². The van der Waals surface area contributed by atoms with Gasteiger partial charge in [0.05, 0.1) is 6.61 Å². The summed E-state index contributed by atoms with van der Waals surface area (Å²) in [5.41, 5.74) is 0. The van der Waals surface area contributed by atoms with E-state index in [4.69, 9.17) is 5.11 Å². The lowest BCUT2D eigenvalue weighted by Gasteiger charge is -2.21. The third-order valence-corrected chi connectivity index (χ3v) is 3.64. The molecule has 1 rings (SSSR count). The van der Waals surface area contributed by atoms with Gasteiger partial charge in [-0.1, -0.05) is 38.3 Å². The molecule has 1 aliphatic rings. The molecule has 1 atom stereocenters. The SMILES string of the molecule is CC/C=C/CCCCCCCC1N=CCN1CCO. The number of hydrogen-bond donors (Lipinski definition) is 1. The summed E-state index contributed by atoms with van der Waals surface area (Å²) in [6, 6.07) is 0. The fourth-order valence-corrected chi connectivity index (χ4v) is 2.52. The van der Waals surface area contributed by atoms with Crippen LogP contribution in [0.5, 0.6) is 0 Å². The van der Waals surface area contributed by atoms with Crippen molar-refractivity contribution in [1.29, 1.82) is 0 Å². The maximum Gasteiger partial charge on any atom is 0.102 e. The van der Waals surface area contributed by atoms with E-state index in [9.17, 15) is 0 Å². The van der Waals surface area contributed by atoms with E-state index >= 15 is 0 Å². The summed E-state index contributed by atoms with van der Waals surface area (Å²) in [5.74, 6) is 0. The second-order valence-corrected chi connectivity index (χ2v) is 5.26. The summed E-state index contributed by atoms with van der Waals surface area (Å²) in [7, 11) is 0. The molecule has 1 aliphatic heterocycles. The summed E-state index contributed by atoms with van der Waals surface area (Å²) in [4.78, 5) is 6.74. The van der Waals surface area contributed by atoms with Gasteiger partial charge in [0.15, 0.2) is 0 Å². The molecule has 1 heterocycles. The van der Waals surface area contributed by atoms with Crippen LogP contribution in [0.4, 0.5) is 0 Å². The number of hydrogen-bond acceptors (Lipinski definition) is 3. The van der Waals surface area contributed by atoms with Gasteiger partial charge < -0.3 is 5.11 Å². The zero-order chi connectivity index (χ0) is 13.8. The van der Waals surface area contributed by atoms with E-state index in [-0.39, 0.29) is 6.61 Å². The van der Waals surface area contributed by atoms with Gasteiger partial charge in [-0.15, -0.1) is 0 Å². The van der Waals surface area contributed by atoms with Gasteiger partial charge in [-0.25, -0.2) is 0 Å².